The van der Waals surface area contributed by atoms with Gasteiger partial charge in [0.25, 0.3) is 0 Å². The maximum atomic E-state index is 10.2. The molecule has 3 rings (SSSR count). The first-order valence-electron chi connectivity index (χ1n) is 7.58. The van der Waals surface area contributed by atoms with E-state index in [9.17, 15) is 5.11 Å². The van der Waals surface area contributed by atoms with Gasteiger partial charge in [-0.15, -0.1) is 0 Å². The third-order valence-corrected chi connectivity index (χ3v) is 3.13. The maximum Gasteiger partial charge on any atom is 0.160 e. The first-order chi connectivity index (χ1) is 10.9. The van der Waals surface area contributed by atoms with Gasteiger partial charge in [-0.2, -0.15) is 0 Å². The van der Waals surface area contributed by atoms with Crippen molar-refractivity contribution in [3.05, 3.63) is 60.3 Å². The molecule has 0 atom stereocenters. The van der Waals surface area contributed by atoms with Crippen LogP contribution in [-0.4, -0.2) is 25.2 Å². The van der Waals surface area contributed by atoms with Gasteiger partial charge in [0.05, 0.1) is 19.2 Å². The lowest BCUT2D eigenvalue weighted by atomic mass is 10.1. The van der Waals surface area contributed by atoms with E-state index >= 15 is 0 Å². The van der Waals surface area contributed by atoms with Gasteiger partial charge in [-0.25, -0.2) is 9.98 Å². The van der Waals surface area contributed by atoms with Gasteiger partial charge in [0.15, 0.2) is 5.65 Å². The Hall–Kier alpha value is -2.53. The Bertz CT molecular complexity index is 898. The Morgan fingerprint density at radius 2 is 1.95 bits per heavy atom. The molecule has 0 unspecified atom stereocenters. The highest BCUT2D eigenvalue weighted by Crippen LogP contribution is 2.12. The zero-order valence-corrected chi connectivity index (χ0v) is 12.6. The van der Waals surface area contributed by atoms with Gasteiger partial charge in [-0.05, 0) is 38.1 Å². The van der Waals surface area contributed by atoms with Crippen LogP contribution in [0.3, 0.4) is 0 Å². The summed E-state index contributed by atoms with van der Waals surface area (Å²) in [6.07, 6.45) is 1.49. The number of hydrogen-bond donors (Lipinski definition) is 1. The number of aliphatic hydroxyl groups is 1. The van der Waals surface area contributed by atoms with Gasteiger partial charge in [0.1, 0.15) is 11.0 Å². The van der Waals surface area contributed by atoms with Crippen LogP contribution in [0.5, 0.6) is 0 Å². The quantitative estimate of drug-likeness (QED) is 0.807. The Balaban J connectivity index is 2.29. The highest BCUT2D eigenvalue weighted by molar-refractivity contribution is 5.69. The molecule has 22 heavy (non-hydrogen) atoms. The first-order valence-corrected chi connectivity index (χ1v) is 7.08. The Morgan fingerprint density at radius 1 is 1.18 bits per heavy atom. The van der Waals surface area contributed by atoms with Crippen molar-refractivity contribution >= 4 is 16.9 Å². The lowest BCUT2D eigenvalue weighted by Gasteiger charge is -2.20. The molecule has 5 heteroatoms. The van der Waals surface area contributed by atoms with Gasteiger partial charge in [-0.3, -0.25) is 4.98 Å². The summed E-state index contributed by atoms with van der Waals surface area (Å²) in [5, 5.41) is 10.2. The highest BCUT2D eigenvalue weighted by atomic mass is 16.3. The number of para-hydroxylation sites is 1. The van der Waals surface area contributed by atoms with Gasteiger partial charge >= 0.3 is 0 Å². The number of benzene rings is 1. The van der Waals surface area contributed by atoms with Gasteiger partial charge in [0, 0.05) is 12.4 Å². The van der Waals surface area contributed by atoms with Crippen LogP contribution >= 0.6 is 0 Å². The van der Waals surface area contributed by atoms with Crippen LogP contribution in [0.15, 0.2) is 59.8 Å². The predicted octanol–water partition coefficient (Wildman–Crippen LogP) is 2.43. The molecule has 1 aromatic carbocycles. The lowest BCUT2D eigenvalue weighted by Crippen LogP contribution is -2.33. The molecule has 1 N–H and O–H groups in total. The van der Waals surface area contributed by atoms with Crippen LogP contribution < -0.4 is 5.49 Å². The van der Waals surface area contributed by atoms with Crippen LogP contribution in [-0.2, 0) is 6.54 Å². The number of aromatic nitrogens is 3. The highest BCUT2D eigenvalue weighted by Gasteiger charge is 2.16. The van der Waals surface area contributed by atoms with Crippen molar-refractivity contribution in [2.75, 3.05) is 0 Å². The standard InChI is InChI=1S/C17H18N4O/c1-17(2,22)12-21-15(20-13-6-4-3-5-7-13)9-8-14-16(21)19-11-10-18-14/h3-11,22H,12H2,1-2H3/b20-15+/i11D. The Kier molecular flexibility index (Phi) is 3.40. The van der Waals surface area contributed by atoms with E-state index in [1.807, 2.05) is 42.5 Å². The molecule has 5 nitrogen and oxygen atoms in total. The molecule has 0 aliphatic carbocycles. The minimum absolute atomic E-state index is 0.0823. The third-order valence-electron chi connectivity index (χ3n) is 3.13. The number of nitrogens with zero attached hydrogens (tertiary/aromatic N) is 4. The van der Waals surface area contributed by atoms with Crippen molar-refractivity contribution in [3.63, 3.8) is 0 Å². The van der Waals surface area contributed by atoms with E-state index < -0.39 is 5.60 Å². The van der Waals surface area contributed by atoms with E-state index in [2.05, 4.69) is 15.0 Å². The average Bonchev–Trinajstić information content (AvgIpc) is 2.50. The van der Waals surface area contributed by atoms with E-state index in [1.165, 1.54) is 6.20 Å². The van der Waals surface area contributed by atoms with Crippen LogP contribution in [0.4, 0.5) is 5.69 Å². The summed E-state index contributed by atoms with van der Waals surface area (Å²) >= 11 is 0. The molecule has 3 aromatic rings. The van der Waals surface area contributed by atoms with Crippen LogP contribution in [0.2, 0.25) is 0 Å². The molecule has 0 aliphatic rings. The summed E-state index contributed by atoms with van der Waals surface area (Å²) in [4.78, 5) is 13.1. The molecule has 0 amide bonds. The third kappa shape index (κ3) is 3.20. The summed E-state index contributed by atoms with van der Waals surface area (Å²) in [5.74, 6) is 0. The fourth-order valence-corrected chi connectivity index (χ4v) is 2.25. The van der Waals surface area contributed by atoms with Gasteiger partial charge < -0.3 is 9.67 Å². The van der Waals surface area contributed by atoms with E-state index in [1.54, 1.807) is 18.4 Å². The number of hydrogen-bond acceptors (Lipinski definition) is 4. The Morgan fingerprint density at radius 3 is 2.68 bits per heavy atom. The smallest absolute Gasteiger partial charge is 0.160 e. The van der Waals surface area contributed by atoms with Crippen molar-refractivity contribution in [3.8, 4) is 0 Å². The molecule has 0 bridgehead atoms. The molecule has 0 saturated heterocycles. The van der Waals surface area contributed by atoms with Crippen molar-refractivity contribution in [1.82, 2.24) is 14.5 Å². The second-order valence-electron chi connectivity index (χ2n) is 5.75. The largest absolute Gasteiger partial charge is 0.389 e. The van der Waals surface area contributed by atoms with E-state index in [-0.39, 0.29) is 6.17 Å². The fraction of sp³-hybridized carbons (Fsp3) is 0.235. The topological polar surface area (TPSA) is 63.3 Å². The molecule has 0 aliphatic heterocycles. The van der Waals surface area contributed by atoms with E-state index in [0.717, 1.165) is 5.69 Å². The summed E-state index contributed by atoms with van der Waals surface area (Å²) in [7, 11) is 0. The SMILES string of the molecule is [2H]c1cnc2cc/c(=N\c3ccccc3)n(CC(C)(C)O)c2n1. The first kappa shape index (κ1) is 13.2. The monoisotopic (exact) mass is 295 g/mol. The second kappa shape index (κ2) is 5.69. The molecule has 112 valence electrons. The average molecular weight is 295 g/mol. The van der Waals surface area contributed by atoms with Crippen molar-refractivity contribution in [1.29, 1.82) is 0 Å². The van der Waals surface area contributed by atoms with Crippen LogP contribution in [0.1, 0.15) is 15.2 Å². The normalized spacial score (nSPS) is 13.4. The molecule has 0 spiro atoms. The zero-order chi connectivity index (χ0) is 16.4. The fourth-order valence-electron chi connectivity index (χ4n) is 2.25. The number of pyridine rings is 1. The van der Waals surface area contributed by atoms with Crippen molar-refractivity contribution < 1.29 is 6.48 Å². The molecule has 0 radical (unpaired) electrons. The van der Waals surface area contributed by atoms with Gasteiger partial charge in [-0.1, -0.05) is 18.2 Å². The second-order valence-corrected chi connectivity index (χ2v) is 5.75. The van der Waals surface area contributed by atoms with Crippen LogP contribution in [0.25, 0.3) is 11.2 Å². The van der Waals surface area contributed by atoms with E-state index in [0.29, 0.717) is 23.2 Å². The molecule has 0 saturated carbocycles. The minimum atomic E-state index is -0.945. The minimum Gasteiger partial charge on any atom is -0.389 e. The number of fused-ring (bicyclic) bond motifs is 1. The van der Waals surface area contributed by atoms with Gasteiger partial charge in [0.2, 0.25) is 0 Å². The molecule has 2 heterocycles. The maximum absolute atomic E-state index is 10.2. The Labute approximate surface area is 130 Å². The molecular formula is C17H18N4O. The van der Waals surface area contributed by atoms with Crippen molar-refractivity contribution in [2.45, 2.75) is 26.0 Å². The molecule has 0 fully saturated rings. The number of rotatable bonds is 3. The summed E-state index contributed by atoms with van der Waals surface area (Å²) in [6, 6.07) is 13.3. The van der Waals surface area contributed by atoms with Crippen LogP contribution in [0, 0.1) is 0 Å². The van der Waals surface area contributed by atoms with Crippen molar-refractivity contribution in [2.24, 2.45) is 4.99 Å². The van der Waals surface area contributed by atoms with E-state index in [4.69, 9.17) is 1.37 Å². The predicted molar refractivity (Wildman–Crippen MR) is 85.5 cm³/mol. The lowest BCUT2D eigenvalue weighted by molar-refractivity contribution is 0.0614. The zero-order valence-electron chi connectivity index (χ0n) is 13.6. The molecular weight excluding hydrogens is 276 g/mol. The summed E-state index contributed by atoms with van der Waals surface area (Å²) < 4.78 is 9.52. The molecule has 2 aromatic heterocycles. The summed E-state index contributed by atoms with van der Waals surface area (Å²) in [6.45, 7) is 3.75. The summed E-state index contributed by atoms with van der Waals surface area (Å²) in [5.41, 5.74) is 1.73.